The molecule has 1 rings (SSSR count). The average molecular weight is 312 g/mol. The Morgan fingerprint density at radius 1 is 1.19 bits per heavy atom. The second-order valence-corrected chi connectivity index (χ2v) is 6.29. The lowest BCUT2D eigenvalue weighted by Gasteiger charge is -2.35. The third-order valence-corrected chi connectivity index (χ3v) is 4.15. The molecule has 0 aromatic heterocycles. The molecule has 1 aromatic rings. The molecule has 0 radical (unpaired) electrons. The van der Waals surface area contributed by atoms with Gasteiger partial charge in [0.05, 0.1) is 0 Å². The van der Waals surface area contributed by atoms with Crippen molar-refractivity contribution in [1.82, 2.24) is 9.80 Å². The normalized spacial score (nSPS) is 14.7. The Bertz CT molecular complexity index is 409. The minimum Gasteiger partial charge on any atom is -0.326 e. The monoisotopic (exact) mass is 311 g/mol. The van der Waals surface area contributed by atoms with Crippen LogP contribution in [0.15, 0.2) is 24.3 Å². The van der Waals surface area contributed by atoms with Gasteiger partial charge in [0.25, 0.3) is 0 Å². The SMILES string of the molecule is CCC(N)C(c1cccc(Cl)c1)N(CC)CCCN(C)C. The van der Waals surface area contributed by atoms with Crippen LogP contribution in [0.3, 0.4) is 0 Å². The molecule has 0 spiro atoms. The van der Waals surface area contributed by atoms with E-state index in [9.17, 15) is 0 Å². The minimum atomic E-state index is 0.128. The van der Waals surface area contributed by atoms with E-state index in [1.165, 1.54) is 5.56 Å². The van der Waals surface area contributed by atoms with Crippen LogP contribution in [0.2, 0.25) is 5.02 Å². The van der Waals surface area contributed by atoms with Crippen LogP contribution in [-0.2, 0) is 0 Å². The van der Waals surface area contributed by atoms with E-state index in [-0.39, 0.29) is 12.1 Å². The number of nitrogens with zero attached hydrogens (tertiary/aromatic N) is 2. The molecule has 0 saturated carbocycles. The topological polar surface area (TPSA) is 32.5 Å². The van der Waals surface area contributed by atoms with Crippen molar-refractivity contribution in [2.45, 2.75) is 38.8 Å². The van der Waals surface area contributed by atoms with E-state index in [1.807, 2.05) is 12.1 Å². The maximum absolute atomic E-state index is 6.41. The Morgan fingerprint density at radius 2 is 1.90 bits per heavy atom. The second kappa shape index (κ2) is 9.42. The summed E-state index contributed by atoms with van der Waals surface area (Å²) in [6, 6.07) is 8.49. The smallest absolute Gasteiger partial charge is 0.0499 e. The zero-order valence-corrected chi connectivity index (χ0v) is 14.6. The van der Waals surface area contributed by atoms with Crippen molar-refractivity contribution < 1.29 is 0 Å². The molecule has 3 nitrogen and oxygen atoms in total. The maximum atomic E-state index is 6.41. The molecule has 1 aromatic carbocycles. The maximum Gasteiger partial charge on any atom is 0.0499 e. The van der Waals surface area contributed by atoms with Gasteiger partial charge in [-0.1, -0.05) is 37.6 Å². The molecule has 0 amide bonds. The second-order valence-electron chi connectivity index (χ2n) is 5.86. The van der Waals surface area contributed by atoms with Crippen molar-refractivity contribution in [3.63, 3.8) is 0 Å². The molecule has 0 fully saturated rings. The number of halogens is 1. The minimum absolute atomic E-state index is 0.128. The Balaban J connectivity index is 2.88. The zero-order chi connectivity index (χ0) is 15.8. The molecule has 2 N–H and O–H groups in total. The number of rotatable bonds is 9. The first kappa shape index (κ1) is 18.4. The lowest BCUT2D eigenvalue weighted by molar-refractivity contribution is 0.170. The highest BCUT2D eigenvalue weighted by atomic mass is 35.5. The average Bonchev–Trinajstić information content (AvgIpc) is 2.45. The fourth-order valence-corrected chi connectivity index (χ4v) is 2.93. The summed E-state index contributed by atoms with van der Waals surface area (Å²) in [6.07, 6.45) is 2.11. The van der Waals surface area contributed by atoms with Gasteiger partial charge in [-0.15, -0.1) is 0 Å². The number of hydrogen-bond donors (Lipinski definition) is 1. The van der Waals surface area contributed by atoms with Gasteiger partial charge < -0.3 is 10.6 Å². The van der Waals surface area contributed by atoms with Gasteiger partial charge >= 0.3 is 0 Å². The van der Waals surface area contributed by atoms with E-state index in [0.29, 0.717) is 0 Å². The van der Waals surface area contributed by atoms with Gasteiger partial charge in [0.1, 0.15) is 0 Å². The highest BCUT2D eigenvalue weighted by Gasteiger charge is 2.24. The quantitative estimate of drug-likeness (QED) is 0.758. The van der Waals surface area contributed by atoms with Crippen molar-refractivity contribution >= 4 is 11.6 Å². The Kier molecular flexibility index (Phi) is 8.27. The Hall–Kier alpha value is -0.610. The van der Waals surface area contributed by atoms with Gasteiger partial charge in [-0.25, -0.2) is 0 Å². The number of hydrogen-bond acceptors (Lipinski definition) is 3. The first-order valence-corrected chi connectivity index (χ1v) is 8.27. The molecule has 0 heterocycles. The van der Waals surface area contributed by atoms with Crippen molar-refractivity contribution in [3.05, 3.63) is 34.9 Å². The van der Waals surface area contributed by atoms with Crippen LogP contribution in [0.1, 0.15) is 38.3 Å². The molecule has 4 heteroatoms. The van der Waals surface area contributed by atoms with E-state index in [4.69, 9.17) is 17.3 Å². The van der Waals surface area contributed by atoms with Gasteiger partial charge in [0, 0.05) is 23.7 Å². The summed E-state index contributed by atoms with van der Waals surface area (Å²) in [5, 5.41) is 0.783. The van der Waals surface area contributed by atoms with E-state index >= 15 is 0 Å². The van der Waals surface area contributed by atoms with Crippen LogP contribution in [0, 0.1) is 0 Å². The van der Waals surface area contributed by atoms with Crippen LogP contribution < -0.4 is 5.73 Å². The van der Waals surface area contributed by atoms with Crippen molar-refractivity contribution in [2.24, 2.45) is 5.73 Å². The van der Waals surface area contributed by atoms with Gasteiger partial charge in [-0.3, -0.25) is 4.90 Å². The lowest BCUT2D eigenvalue weighted by atomic mass is 9.96. The van der Waals surface area contributed by atoms with Crippen molar-refractivity contribution in [2.75, 3.05) is 33.7 Å². The first-order chi connectivity index (χ1) is 9.99. The predicted molar refractivity (Wildman–Crippen MR) is 92.9 cm³/mol. The Morgan fingerprint density at radius 3 is 2.43 bits per heavy atom. The molecular weight excluding hydrogens is 282 g/mol. The summed E-state index contributed by atoms with van der Waals surface area (Å²) >= 11 is 6.16. The first-order valence-electron chi connectivity index (χ1n) is 7.89. The van der Waals surface area contributed by atoms with Crippen molar-refractivity contribution in [3.8, 4) is 0 Å². The molecule has 0 bridgehead atoms. The molecule has 2 unspecified atom stereocenters. The van der Waals surface area contributed by atoms with E-state index < -0.39 is 0 Å². The molecule has 0 aliphatic carbocycles. The summed E-state index contributed by atoms with van der Waals surface area (Å²) in [4.78, 5) is 4.70. The van der Waals surface area contributed by atoms with E-state index in [1.54, 1.807) is 0 Å². The largest absolute Gasteiger partial charge is 0.326 e. The van der Waals surface area contributed by atoms with Crippen LogP contribution in [-0.4, -0.2) is 49.6 Å². The zero-order valence-electron chi connectivity index (χ0n) is 13.8. The number of benzene rings is 1. The molecular formula is C17H30ClN3. The van der Waals surface area contributed by atoms with Crippen molar-refractivity contribution in [1.29, 1.82) is 0 Å². The molecule has 0 aliphatic heterocycles. The fraction of sp³-hybridized carbons (Fsp3) is 0.647. The highest BCUT2D eigenvalue weighted by Crippen LogP contribution is 2.27. The van der Waals surface area contributed by atoms with Gasteiger partial charge in [-0.2, -0.15) is 0 Å². The third-order valence-electron chi connectivity index (χ3n) is 3.92. The van der Waals surface area contributed by atoms with E-state index in [0.717, 1.165) is 37.5 Å². The lowest BCUT2D eigenvalue weighted by Crippen LogP contribution is -2.41. The molecule has 0 aliphatic rings. The third kappa shape index (κ3) is 5.95. The summed E-state index contributed by atoms with van der Waals surface area (Å²) in [5.41, 5.74) is 7.64. The van der Waals surface area contributed by atoms with E-state index in [2.05, 4.69) is 49.9 Å². The molecule has 2 atom stereocenters. The summed E-state index contributed by atoms with van der Waals surface area (Å²) in [6.45, 7) is 7.50. The van der Waals surface area contributed by atoms with Crippen LogP contribution >= 0.6 is 11.6 Å². The number of likely N-dealkylation sites (N-methyl/N-ethyl adjacent to an activating group) is 1. The molecule has 21 heavy (non-hydrogen) atoms. The summed E-state index contributed by atoms with van der Waals surface area (Å²) in [5.74, 6) is 0. The molecule has 120 valence electrons. The van der Waals surface area contributed by atoms with Crippen LogP contribution in [0.25, 0.3) is 0 Å². The molecule has 0 saturated heterocycles. The van der Waals surface area contributed by atoms with Gasteiger partial charge in [0.2, 0.25) is 0 Å². The summed E-state index contributed by atoms with van der Waals surface area (Å²) in [7, 11) is 4.23. The van der Waals surface area contributed by atoms with Crippen LogP contribution in [0.4, 0.5) is 0 Å². The number of nitrogens with two attached hydrogens (primary N) is 1. The fourth-order valence-electron chi connectivity index (χ4n) is 2.73. The van der Waals surface area contributed by atoms with Gasteiger partial charge in [-0.05, 0) is 57.7 Å². The predicted octanol–water partition coefficient (Wildman–Crippen LogP) is 3.39. The van der Waals surface area contributed by atoms with Gasteiger partial charge in [0.15, 0.2) is 0 Å². The standard InChI is InChI=1S/C17H30ClN3/c1-5-16(19)17(14-9-7-10-15(18)13-14)21(6-2)12-8-11-20(3)4/h7,9-10,13,16-17H,5-6,8,11-12,19H2,1-4H3. The van der Waals surface area contributed by atoms with Crippen LogP contribution in [0.5, 0.6) is 0 Å². The summed E-state index contributed by atoms with van der Waals surface area (Å²) < 4.78 is 0. The Labute approximate surface area is 135 Å². The highest BCUT2D eigenvalue weighted by molar-refractivity contribution is 6.30.